The zero-order chi connectivity index (χ0) is 17.1. The molecule has 0 bridgehead atoms. The van der Waals surface area contributed by atoms with E-state index < -0.39 is 0 Å². The van der Waals surface area contributed by atoms with Crippen molar-refractivity contribution in [2.24, 2.45) is 0 Å². The second-order valence-corrected chi connectivity index (χ2v) is 6.52. The monoisotopic (exact) mass is 330 g/mol. The van der Waals surface area contributed by atoms with Crippen LogP contribution in [0.3, 0.4) is 0 Å². The Morgan fingerprint density at radius 2 is 1.80 bits per heavy atom. The standard InChI is InChI=1S/C20H18N4O/c1-12-8-9-14-15-6-4-11-22-20(15)25-18(14)17(12)24-13(2)23(3)19-16(24)7-5-10-21-19/h4-11,13H,1-3H3/t13-/m0/s1. The Labute approximate surface area is 145 Å². The lowest BCUT2D eigenvalue weighted by Gasteiger charge is -2.28. The Hall–Kier alpha value is -3.08. The molecule has 0 aliphatic carbocycles. The summed E-state index contributed by atoms with van der Waals surface area (Å²) in [7, 11) is 2.08. The Bertz CT molecular complexity index is 1120. The second kappa shape index (κ2) is 4.96. The quantitative estimate of drug-likeness (QED) is 0.509. The Morgan fingerprint density at radius 3 is 2.68 bits per heavy atom. The van der Waals surface area contributed by atoms with E-state index in [9.17, 15) is 0 Å². The molecule has 0 unspecified atom stereocenters. The van der Waals surface area contributed by atoms with Crippen LogP contribution in [0.25, 0.3) is 22.1 Å². The summed E-state index contributed by atoms with van der Waals surface area (Å²) in [6.45, 7) is 4.30. The van der Waals surface area contributed by atoms with Crippen LogP contribution in [0.5, 0.6) is 0 Å². The number of anilines is 3. The summed E-state index contributed by atoms with van der Waals surface area (Å²) in [4.78, 5) is 13.4. The minimum absolute atomic E-state index is 0.148. The SMILES string of the molecule is Cc1ccc2c(oc3ncccc32)c1N1c2cccnc2N(C)[C@@H]1C. The van der Waals surface area contributed by atoms with Crippen LogP contribution in [-0.2, 0) is 0 Å². The number of aryl methyl sites for hydroxylation is 1. The molecule has 0 saturated carbocycles. The summed E-state index contributed by atoms with van der Waals surface area (Å²) >= 11 is 0. The van der Waals surface area contributed by atoms with Crippen molar-refractivity contribution in [2.45, 2.75) is 20.0 Å². The van der Waals surface area contributed by atoms with Crippen molar-refractivity contribution in [2.75, 3.05) is 16.8 Å². The van der Waals surface area contributed by atoms with Gasteiger partial charge in [0.25, 0.3) is 0 Å². The molecule has 5 rings (SSSR count). The van der Waals surface area contributed by atoms with E-state index in [1.807, 2.05) is 18.3 Å². The third-order valence-corrected chi connectivity index (χ3v) is 5.13. The van der Waals surface area contributed by atoms with Crippen LogP contribution >= 0.6 is 0 Å². The first kappa shape index (κ1) is 14.3. The fourth-order valence-corrected chi connectivity index (χ4v) is 3.77. The number of furan rings is 1. The molecule has 0 saturated heterocycles. The molecule has 25 heavy (non-hydrogen) atoms. The van der Waals surface area contributed by atoms with Crippen molar-refractivity contribution in [3.63, 3.8) is 0 Å². The molecule has 3 aromatic heterocycles. The topological polar surface area (TPSA) is 45.4 Å². The predicted molar refractivity (Wildman–Crippen MR) is 100 cm³/mol. The molecule has 0 fully saturated rings. The van der Waals surface area contributed by atoms with Gasteiger partial charge >= 0.3 is 0 Å². The highest BCUT2D eigenvalue weighted by Crippen LogP contribution is 2.46. The summed E-state index contributed by atoms with van der Waals surface area (Å²) in [5, 5.41) is 2.14. The number of fused-ring (bicyclic) bond motifs is 4. The molecule has 0 radical (unpaired) electrons. The number of hydrogen-bond acceptors (Lipinski definition) is 5. The lowest BCUT2D eigenvalue weighted by Crippen LogP contribution is -2.36. The minimum atomic E-state index is 0.148. The highest BCUT2D eigenvalue weighted by atomic mass is 16.3. The fourth-order valence-electron chi connectivity index (χ4n) is 3.77. The van der Waals surface area contributed by atoms with Gasteiger partial charge in [-0.2, -0.15) is 0 Å². The van der Waals surface area contributed by atoms with Gasteiger partial charge in [0.05, 0.1) is 11.4 Å². The number of rotatable bonds is 1. The van der Waals surface area contributed by atoms with Crippen LogP contribution in [0.1, 0.15) is 12.5 Å². The Balaban J connectivity index is 1.85. The zero-order valence-corrected chi connectivity index (χ0v) is 14.4. The summed E-state index contributed by atoms with van der Waals surface area (Å²) in [6.07, 6.45) is 3.75. The first-order valence-electron chi connectivity index (χ1n) is 8.41. The van der Waals surface area contributed by atoms with Gasteiger partial charge in [-0.1, -0.05) is 12.1 Å². The summed E-state index contributed by atoms with van der Waals surface area (Å²) in [5.74, 6) is 0.987. The number of hydrogen-bond donors (Lipinski definition) is 0. The van der Waals surface area contributed by atoms with Crippen molar-refractivity contribution in [1.82, 2.24) is 9.97 Å². The van der Waals surface area contributed by atoms with Crippen molar-refractivity contribution in [3.05, 3.63) is 54.4 Å². The van der Waals surface area contributed by atoms with E-state index in [-0.39, 0.29) is 6.17 Å². The van der Waals surface area contributed by atoms with E-state index in [1.54, 1.807) is 6.20 Å². The van der Waals surface area contributed by atoms with Gasteiger partial charge in [-0.3, -0.25) is 0 Å². The van der Waals surface area contributed by atoms with Gasteiger partial charge in [-0.05, 0) is 43.7 Å². The largest absolute Gasteiger partial charge is 0.435 e. The molecule has 0 N–H and O–H groups in total. The third-order valence-electron chi connectivity index (χ3n) is 5.13. The summed E-state index contributed by atoms with van der Waals surface area (Å²) in [6, 6.07) is 12.4. The molecule has 0 amide bonds. The van der Waals surface area contributed by atoms with Gasteiger partial charge in [0.2, 0.25) is 5.71 Å². The molecule has 1 aliphatic heterocycles. The molecule has 1 aromatic carbocycles. The fraction of sp³-hybridized carbons (Fsp3) is 0.200. The normalized spacial score (nSPS) is 16.8. The summed E-state index contributed by atoms with van der Waals surface area (Å²) in [5.41, 5.74) is 4.91. The molecular formula is C20H18N4O. The van der Waals surface area contributed by atoms with Crippen molar-refractivity contribution < 1.29 is 4.42 Å². The van der Waals surface area contributed by atoms with Crippen molar-refractivity contribution in [1.29, 1.82) is 0 Å². The molecule has 4 aromatic rings. The van der Waals surface area contributed by atoms with Crippen molar-refractivity contribution in [3.8, 4) is 0 Å². The van der Waals surface area contributed by atoms with E-state index in [0.29, 0.717) is 5.71 Å². The van der Waals surface area contributed by atoms with E-state index in [2.05, 4.69) is 64.9 Å². The Morgan fingerprint density at radius 1 is 1.00 bits per heavy atom. The van der Waals surface area contributed by atoms with Crippen LogP contribution in [0.2, 0.25) is 0 Å². The van der Waals surface area contributed by atoms with Gasteiger partial charge in [-0.25, -0.2) is 9.97 Å². The van der Waals surface area contributed by atoms with Gasteiger partial charge in [0.1, 0.15) is 6.17 Å². The summed E-state index contributed by atoms with van der Waals surface area (Å²) < 4.78 is 6.18. The average Bonchev–Trinajstić information content (AvgIpc) is 3.12. The molecule has 124 valence electrons. The molecular weight excluding hydrogens is 312 g/mol. The first-order valence-corrected chi connectivity index (χ1v) is 8.41. The van der Waals surface area contributed by atoms with Crippen LogP contribution < -0.4 is 9.80 Å². The third kappa shape index (κ3) is 1.83. The molecule has 5 heteroatoms. The number of pyridine rings is 2. The van der Waals surface area contributed by atoms with E-state index >= 15 is 0 Å². The zero-order valence-electron chi connectivity index (χ0n) is 14.4. The number of benzene rings is 1. The smallest absolute Gasteiger partial charge is 0.227 e. The first-order chi connectivity index (χ1) is 12.2. The lowest BCUT2D eigenvalue weighted by atomic mass is 10.1. The Kier molecular flexibility index (Phi) is 2.83. The number of aromatic nitrogens is 2. The van der Waals surface area contributed by atoms with Gasteiger partial charge in [0, 0.05) is 30.2 Å². The highest BCUT2D eigenvalue weighted by Gasteiger charge is 2.35. The van der Waals surface area contributed by atoms with Crippen LogP contribution in [0.4, 0.5) is 17.2 Å². The van der Waals surface area contributed by atoms with Gasteiger partial charge < -0.3 is 14.2 Å². The molecule has 5 nitrogen and oxygen atoms in total. The maximum atomic E-state index is 6.18. The lowest BCUT2D eigenvalue weighted by molar-refractivity contribution is 0.648. The van der Waals surface area contributed by atoms with Crippen LogP contribution in [0.15, 0.2) is 53.2 Å². The van der Waals surface area contributed by atoms with Crippen molar-refractivity contribution >= 4 is 39.3 Å². The number of nitrogens with zero attached hydrogens (tertiary/aromatic N) is 4. The second-order valence-electron chi connectivity index (χ2n) is 6.52. The van der Waals surface area contributed by atoms with Gasteiger partial charge in [0.15, 0.2) is 11.4 Å². The highest BCUT2D eigenvalue weighted by molar-refractivity contribution is 6.09. The van der Waals surface area contributed by atoms with Gasteiger partial charge in [-0.15, -0.1) is 0 Å². The van der Waals surface area contributed by atoms with E-state index in [1.165, 1.54) is 5.56 Å². The maximum absolute atomic E-state index is 6.18. The van der Waals surface area contributed by atoms with E-state index in [4.69, 9.17) is 4.42 Å². The van der Waals surface area contributed by atoms with Crippen LogP contribution in [0, 0.1) is 6.92 Å². The molecule has 1 atom stereocenters. The molecule has 1 aliphatic rings. The maximum Gasteiger partial charge on any atom is 0.227 e. The molecule has 0 spiro atoms. The molecule has 4 heterocycles. The van der Waals surface area contributed by atoms with Crippen LogP contribution in [-0.4, -0.2) is 23.2 Å². The minimum Gasteiger partial charge on any atom is -0.435 e. The van der Waals surface area contributed by atoms with E-state index in [0.717, 1.165) is 33.5 Å². The predicted octanol–water partition coefficient (Wildman–Crippen LogP) is 4.62. The average molecular weight is 330 g/mol.